The van der Waals surface area contributed by atoms with E-state index in [4.69, 9.17) is 14.0 Å². The van der Waals surface area contributed by atoms with Crippen molar-refractivity contribution in [3.05, 3.63) is 59.1 Å². The van der Waals surface area contributed by atoms with Crippen LogP contribution in [0.3, 0.4) is 0 Å². The number of anilines is 1. The van der Waals surface area contributed by atoms with Crippen molar-refractivity contribution in [2.75, 3.05) is 12.0 Å². The molecule has 200 valence electrons. The van der Waals surface area contributed by atoms with Crippen LogP contribution in [0.15, 0.2) is 41.1 Å². The molecule has 3 aromatic rings. The Morgan fingerprint density at radius 1 is 1.11 bits per heavy atom. The van der Waals surface area contributed by atoms with E-state index in [0.717, 1.165) is 44.6 Å². The van der Waals surface area contributed by atoms with E-state index in [2.05, 4.69) is 20.0 Å². The number of carbonyl (C=O) groups is 1. The van der Waals surface area contributed by atoms with Gasteiger partial charge in [-0.2, -0.15) is 13.2 Å². The van der Waals surface area contributed by atoms with Crippen LogP contribution in [0.4, 0.5) is 19.1 Å². The number of aromatic nitrogens is 3. The number of methoxy groups -OCH3 is 1. The van der Waals surface area contributed by atoms with E-state index in [-0.39, 0.29) is 47.7 Å². The van der Waals surface area contributed by atoms with Gasteiger partial charge in [0, 0.05) is 35.3 Å². The van der Waals surface area contributed by atoms with Crippen LogP contribution < -0.4 is 4.90 Å². The monoisotopic (exact) mass is 528 g/mol. The minimum absolute atomic E-state index is 0.00627. The summed E-state index contributed by atoms with van der Waals surface area (Å²) in [5, 5.41) is 4.09. The number of hydrogen-bond donors (Lipinski definition) is 0. The largest absolute Gasteiger partial charge is 0.464 e. The number of benzene rings is 1. The highest BCUT2D eigenvalue weighted by Gasteiger charge is 2.43. The maximum absolute atomic E-state index is 13.7. The summed E-state index contributed by atoms with van der Waals surface area (Å²) in [6, 6.07) is 7.25. The van der Waals surface area contributed by atoms with E-state index in [1.165, 1.54) is 25.3 Å². The van der Waals surface area contributed by atoms with E-state index in [0.29, 0.717) is 17.3 Å². The van der Waals surface area contributed by atoms with Crippen molar-refractivity contribution in [2.45, 2.75) is 75.4 Å². The molecule has 0 spiro atoms. The molecule has 2 aliphatic heterocycles. The first-order valence-corrected chi connectivity index (χ1v) is 12.8. The second kappa shape index (κ2) is 9.68. The lowest BCUT2D eigenvalue weighted by Gasteiger charge is -2.38. The first-order valence-electron chi connectivity index (χ1n) is 12.8. The fourth-order valence-electron chi connectivity index (χ4n) is 5.76. The van der Waals surface area contributed by atoms with Crippen LogP contribution in [-0.2, 0) is 22.3 Å². The number of nitrogens with zero attached hydrogens (tertiary/aromatic N) is 4. The summed E-state index contributed by atoms with van der Waals surface area (Å²) in [6.45, 7) is 0.134. The average Bonchev–Trinajstić information content (AvgIpc) is 3.62. The molecule has 0 amide bonds. The molecule has 1 saturated carbocycles. The number of piperidine rings is 1. The number of rotatable bonds is 7. The Bertz CT molecular complexity index is 1330. The van der Waals surface area contributed by atoms with Gasteiger partial charge >= 0.3 is 12.1 Å². The molecule has 2 aromatic heterocycles. The highest BCUT2D eigenvalue weighted by Crippen LogP contribution is 2.46. The lowest BCUT2D eigenvalue weighted by Crippen LogP contribution is -2.46. The normalized spacial score (nSPS) is 23.1. The third-order valence-electron chi connectivity index (χ3n) is 7.68. The van der Waals surface area contributed by atoms with Gasteiger partial charge in [-0.1, -0.05) is 23.4 Å². The molecule has 3 aliphatic rings. The summed E-state index contributed by atoms with van der Waals surface area (Å²) >= 11 is 0. The molecule has 0 N–H and O–H groups in total. The maximum Gasteiger partial charge on any atom is 0.417 e. The summed E-state index contributed by atoms with van der Waals surface area (Å²) in [7, 11) is 1.31. The maximum atomic E-state index is 13.7. The SMILES string of the molecule is COC(=O)c1ccnc(N2C3CC[C@H]2CC(OCc2c(-c4ccccc4C(F)(F)F)noc2C2CC2)C3)n1. The van der Waals surface area contributed by atoms with Crippen LogP contribution in [-0.4, -0.2) is 46.4 Å². The fourth-order valence-corrected chi connectivity index (χ4v) is 5.76. The number of esters is 1. The molecule has 1 aromatic carbocycles. The number of halogens is 3. The van der Waals surface area contributed by atoms with Crippen molar-refractivity contribution in [2.24, 2.45) is 0 Å². The van der Waals surface area contributed by atoms with Crippen LogP contribution in [0.1, 0.15) is 71.8 Å². The van der Waals surface area contributed by atoms with Crippen LogP contribution in [0.5, 0.6) is 0 Å². The van der Waals surface area contributed by atoms with Gasteiger partial charge in [0.05, 0.1) is 25.4 Å². The first kappa shape index (κ1) is 24.8. The molecule has 4 heterocycles. The van der Waals surface area contributed by atoms with Crippen LogP contribution in [0.25, 0.3) is 11.3 Å². The predicted molar refractivity (Wildman–Crippen MR) is 129 cm³/mol. The van der Waals surface area contributed by atoms with Crippen molar-refractivity contribution in [3.63, 3.8) is 0 Å². The lowest BCUT2D eigenvalue weighted by atomic mass is 9.98. The van der Waals surface area contributed by atoms with Crippen LogP contribution in [0.2, 0.25) is 0 Å². The van der Waals surface area contributed by atoms with Crippen LogP contribution >= 0.6 is 0 Å². The van der Waals surface area contributed by atoms with Gasteiger partial charge in [0.25, 0.3) is 0 Å². The van der Waals surface area contributed by atoms with Crippen molar-refractivity contribution in [1.29, 1.82) is 0 Å². The minimum Gasteiger partial charge on any atom is -0.464 e. The zero-order valence-electron chi connectivity index (χ0n) is 20.8. The van der Waals surface area contributed by atoms with Gasteiger partial charge in [0.15, 0.2) is 5.69 Å². The first-order chi connectivity index (χ1) is 18.3. The van der Waals surface area contributed by atoms with Gasteiger partial charge < -0.3 is 18.9 Å². The quantitative estimate of drug-likeness (QED) is 0.370. The number of ether oxygens (including phenoxy) is 2. The summed E-state index contributed by atoms with van der Waals surface area (Å²) in [5.74, 6) is 0.790. The lowest BCUT2D eigenvalue weighted by molar-refractivity contribution is -0.137. The Hall–Kier alpha value is -3.47. The summed E-state index contributed by atoms with van der Waals surface area (Å²) in [6.07, 6.45) is 2.16. The van der Waals surface area contributed by atoms with Crippen molar-refractivity contribution < 1.29 is 32.0 Å². The summed E-state index contributed by atoms with van der Waals surface area (Å²) < 4.78 is 58.0. The molecule has 2 saturated heterocycles. The topological polar surface area (TPSA) is 90.6 Å². The third-order valence-corrected chi connectivity index (χ3v) is 7.68. The summed E-state index contributed by atoms with van der Waals surface area (Å²) in [4.78, 5) is 22.9. The Labute approximate surface area is 217 Å². The Balaban J connectivity index is 1.21. The van der Waals surface area contributed by atoms with Crippen molar-refractivity contribution in [3.8, 4) is 11.3 Å². The molecule has 38 heavy (non-hydrogen) atoms. The molecule has 2 bridgehead atoms. The number of fused-ring (bicyclic) bond motifs is 2. The average molecular weight is 529 g/mol. The Morgan fingerprint density at radius 2 is 1.84 bits per heavy atom. The van der Waals surface area contributed by atoms with E-state index in [1.807, 2.05) is 0 Å². The molecule has 11 heteroatoms. The molecular weight excluding hydrogens is 501 g/mol. The van der Waals surface area contributed by atoms with Gasteiger partial charge in [0.1, 0.15) is 11.5 Å². The highest BCUT2D eigenvalue weighted by molar-refractivity contribution is 5.87. The molecule has 1 aliphatic carbocycles. The molecule has 6 rings (SSSR count). The van der Waals surface area contributed by atoms with E-state index >= 15 is 0 Å². The second-order valence-electron chi connectivity index (χ2n) is 10.1. The second-order valence-corrected chi connectivity index (χ2v) is 10.1. The van der Waals surface area contributed by atoms with E-state index in [1.54, 1.807) is 12.3 Å². The summed E-state index contributed by atoms with van der Waals surface area (Å²) in [5.41, 5.74) is 0.285. The van der Waals surface area contributed by atoms with E-state index < -0.39 is 17.7 Å². The van der Waals surface area contributed by atoms with Gasteiger partial charge in [-0.05, 0) is 50.7 Å². The van der Waals surface area contributed by atoms with Crippen molar-refractivity contribution in [1.82, 2.24) is 15.1 Å². The van der Waals surface area contributed by atoms with Crippen LogP contribution in [0, 0.1) is 0 Å². The zero-order chi connectivity index (χ0) is 26.4. The molecular formula is C27H27F3N4O4. The van der Waals surface area contributed by atoms with E-state index in [9.17, 15) is 18.0 Å². The third kappa shape index (κ3) is 4.63. The van der Waals surface area contributed by atoms with Gasteiger partial charge in [-0.25, -0.2) is 14.8 Å². The smallest absolute Gasteiger partial charge is 0.417 e. The fraction of sp³-hybridized carbons (Fsp3) is 0.481. The molecule has 3 atom stereocenters. The number of hydrogen-bond acceptors (Lipinski definition) is 8. The van der Waals surface area contributed by atoms with Gasteiger partial charge in [-0.15, -0.1) is 0 Å². The Kier molecular flexibility index (Phi) is 6.33. The molecule has 8 nitrogen and oxygen atoms in total. The number of carbonyl (C=O) groups excluding carboxylic acids is 1. The predicted octanol–water partition coefficient (Wildman–Crippen LogP) is 5.53. The van der Waals surface area contributed by atoms with Gasteiger partial charge in [0.2, 0.25) is 5.95 Å². The molecule has 0 radical (unpaired) electrons. The highest BCUT2D eigenvalue weighted by atomic mass is 19.4. The molecule has 3 fully saturated rings. The number of alkyl halides is 3. The standard InChI is InChI=1S/C27H27F3N4O4/c1-36-25(35)22-10-11-31-26(32-22)34-16-8-9-17(34)13-18(12-16)37-14-20-23(33-38-24(20)15-6-7-15)19-4-2-3-5-21(19)27(28,29)30/h2-5,10-11,15-18H,6-9,12-14H2,1H3/t16-,17?,18?/m0/s1. The molecule has 2 unspecified atom stereocenters. The zero-order valence-corrected chi connectivity index (χ0v) is 20.8. The van der Waals surface area contributed by atoms with Gasteiger partial charge in [-0.3, -0.25) is 0 Å². The Morgan fingerprint density at radius 3 is 2.53 bits per heavy atom. The van der Waals surface area contributed by atoms with Crippen molar-refractivity contribution >= 4 is 11.9 Å². The minimum atomic E-state index is -4.51.